The Labute approximate surface area is 125 Å². The maximum absolute atomic E-state index is 13.5. The third-order valence-corrected chi connectivity index (χ3v) is 4.74. The fraction of sp³-hybridized carbons (Fsp3) is 0.200. The maximum atomic E-state index is 13.5. The first-order valence-electron chi connectivity index (χ1n) is 6.76. The van der Waals surface area contributed by atoms with Crippen LogP contribution in [-0.4, -0.2) is 14.8 Å². The van der Waals surface area contributed by atoms with E-state index in [4.69, 9.17) is 0 Å². The number of anilines is 1. The zero-order valence-electron chi connectivity index (χ0n) is 11.1. The van der Waals surface area contributed by atoms with Crippen LogP contribution >= 0.6 is 11.3 Å². The van der Waals surface area contributed by atoms with Gasteiger partial charge in [0.15, 0.2) is 0 Å². The summed E-state index contributed by atoms with van der Waals surface area (Å²) in [4.78, 5) is 5.52. The van der Waals surface area contributed by atoms with Gasteiger partial charge in [-0.25, -0.2) is 9.07 Å². The summed E-state index contributed by atoms with van der Waals surface area (Å²) in [5.41, 5.74) is 0.921. The average molecular weight is 300 g/mol. The smallest absolute Gasteiger partial charge is 0.222 e. The van der Waals surface area contributed by atoms with Gasteiger partial charge in [-0.2, -0.15) is 10.1 Å². The molecule has 0 fully saturated rings. The molecule has 0 amide bonds. The molecule has 3 heterocycles. The Morgan fingerprint density at radius 3 is 3.05 bits per heavy atom. The van der Waals surface area contributed by atoms with E-state index >= 15 is 0 Å². The molecular weight excluding hydrogens is 287 g/mol. The van der Waals surface area contributed by atoms with E-state index in [1.807, 2.05) is 16.8 Å². The molecule has 1 N–H and O–H groups in total. The Bertz CT molecular complexity index is 753. The molecule has 1 aliphatic rings. The van der Waals surface area contributed by atoms with E-state index in [-0.39, 0.29) is 17.9 Å². The molecule has 0 unspecified atom stereocenters. The van der Waals surface area contributed by atoms with Crippen LogP contribution in [0.25, 0.3) is 0 Å². The van der Waals surface area contributed by atoms with Crippen LogP contribution in [0.4, 0.5) is 10.3 Å². The van der Waals surface area contributed by atoms with Gasteiger partial charge in [0, 0.05) is 4.88 Å². The van der Waals surface area contributed by atoms with Crippen LogP contribution in [0.15, 0.2) is 48.1 Å². The molecule has 2 aromatic heterocycles. The van der Waals surface area contributed by atoms with E-state index < -0.39 is 0 Å². The monoisotopic (exact) mass is 300 g/mol. The highest BCUT2D eigenvalue weighted by Crippen LogP contribution is 2.38. The topological polar surface area (TPSA) is 42.7 Å². The van der Waals surface area contributed by atoms with Crippen LogP contribution in [0.1, 0.15) is 28.9 Å². The lowest BCUT2D eigenvalue weighted by molar-refractivity contribution is 0.431. The molecule has 1 aliphatic heterocycles. The number of fused-ring (bicyclic) bond motifs is 1. The van der Waals surface area contributed by atoms with Gasteiger partial charge < -0.3 is 5.32 Å². The van der Waals surface area contributed by atoms with Gasteiger partial charge in [0.1, 0.15) is 12.1 Å². The van der Waals surface area contributed by atoms with Crippen molar-refractivity contribution in [1.29, 1.82) is 0 Å². The zero-order chi connectivity index (χ0) is 14.2. The molecule has 21 heavy (non-hydrogen) atoms. The third-order valence-electron chi connectivity index (χ3n) is 3.75. The van der Waals surface area contributed by atoms with E-state index in [1.54, 1.807) is 23.5 Å². The lowest BCUT2D eigenvalue weighted by Gasteiger charge is -2.31. The van der Waals surface area contributed by atoms with Crippen molar-refractivity contribution in [3.63, 3.8) is 0 Å². The normalized spacial score (nSPS) is 20.8. The summed E-state index contributed by atoms with van der Waals surface area (Å²) in [5.74, 6) is 0.509. The van der Waals surface area contributed by atoms with E-state index in [0.29, 0.717) is 0 Å². The summed E-state index contributed by atoms with van der Waals surface area (Å²) >= 11 is 1.71. The lowest BCUT2D eigenvalue weighted by atomic mass is 9.97. The minimum atomic E-state index is -0.222. The first-order valence-corrected chi connectivity index (χ1v) is 7.64. The Kier molecular flexibility index (Phi) is 2.96. The summed E-state index contributed by atoms with van der Waals surface area (Å²) in [6, 6.07) is 11.0. The summed E-state index contributed by atoms with van der Waals surface area (Å²) < 4.78 is 15.4. The molecule has 3 aromatic rings. The van der Waals surface area contributed by atoms with Crippen molar-refractivity contribution in [2.24, 2.45) is 0 Å². The Balaban J connectivity index is 1.76. The second-order valence-electron chi connectivity index (χ2n) is 5.05. The number of halogens is 1. The average Bonchev–Trinajstić information content (AvgIpc) is 3.17. The SMILES string of the molecule is Fc1cccc([C@H]2C[C@@H](c3cccs3)Nc3ncnn32)c1. The van der Waals surface area contributed by atoms with Crippen LogP contribution in [0.2, 0.25) is 0 Å². The van der Waals surface area contributed by atoms with E-state index in [0.717, 1.165) is 17.9 Å². The third kappa shape index (κ3) is 2.21. The largest absolute Gasteiger partial charge is 0.347 e. The molecule has 0 radical (unpaired) electrons. The van der Waals surface area contributed by atoms with Crippen molar-refractivity contribution < 1.29 is 4.39 Å². The zero-order valence-corrected chi connectivity index (χ0v) is 11.9. The molecule has 6 heteroatoms. The van der Waals surface area contributed by atoms with Crippen molar-refractivity contribution in [3.05, 3.63) is 64.4 Å². The van der Waals surface area contributed by atoms with Crippen molar-refractivity contribution >= 4 is 17.3 Å². The number of rotatable bonds is 2. The molecule has 0 aliphatic carbocycles. The van der Waals surface area contributed by atoms with Crippen molar-refractivity contribution in [3.8, 4) is 0 Å². The number of nitrogens with one attached hydrogen (secondary N) is 1. The van der Waals surface area contributed by atoms with Gasteiger partial charge in [-0.3, -0.25) is 0 Å². The van der Waals surface area contributed by atoms with Gasteiger partial charge in [-0.1, -0.05) is 18.2 Å². The van der Waals surface area contributed by atoms with Gasteiger partial charge in [-0.15, -0.1) is 11.3 Å². The summed E-state index contributed by atoms with van der Waals surface area (Å²) in [6.07, 6.45) is 2.35. The molecule has 4 nitrogen and oxygen atoms in total. The molecule has 0 spiro atoms. The van der Waals surface area contributed by atoms with E-state index in [2.05, 4.69) is 26.8 Å². The molecule has 0 bridgehead atoms. The Hall–Kier alpha value is -2.21. The van der Waals surface area contributed by atoms with E-state index in [1.165, 1.54) is 17.3 Å². The van der Waals surface area contributed by atoms with Crippen LogP contribution in [0, 0.1) is 5.82 Å². The van der Waals surface area contributed by atoms with Crippen molar-refractivity contribution in [2.45, 2.75) is 18.5 Å². The Morgan fingerprint density at radius 2 is 2.24 bits per heavy atom. The standard InChI is InChI=1S/C15H13FN4S/c16-11-4-1-3-10(7-11)13-8-12(14-5-2-6-21-14)19-15-17-9-18-20(13)15/h1-7,9,12-13H,8H2,(H,17,18,19)/t12-,13+/m0/s1. The molecular formula is C15H13FN4S. The van der Waals surface area contributed by atoms with Gasteiger partial charge in [0.25, 0.3) is 0 Å². The predicted octanol–water partition coefficient (Wildman–Crippen LogP) is 3.63. The predicted molar refractivity (Wildman–Crippen MR) is 79.9 cm³/mol. The van der Waals surface area contributed by atoms with Crippen molar-refractivity contribution in [2.75, 3.05) is 5.32 Å². The van der Waals surface area contributed by atoms with E-state index in [9.17, 15) is 4.39 Å². The second kappa shape index (κ2) is 4.96. The highest BCUT2D eigenvalue weighted by atomic mass is 32.1. The number of aromatic nitrogens is 3. The van der Waals surface area contributed by atoms with Crippen molar-refractivity contribution in [1.82, 2.24) is 14.8 Å². The molecule has 1 aromatic carbocycles. The molecule has 2 atom stereocenters. The fourth-order valence-corrected chi connectivity index (χ4v) is 3.58. The van der Waals surface area contributed by atoms with Crippen LogP contribution < -0.4 is 5.32 Å². The lowest BCUT2D eigenvalue weighted by Crippen LogP contribution is -2.27. The summed E-state index contributed by atoms with van der Waals surface area (Å²) in [5, 5.41) is 9.75. The molecule has 0 saturated heterocycles. The molecule has 106 valence electrons. The summed E-state index contributed by atoms with van der Waals surface area (Å²) in [7, 11) is 0. The van der Waals surface area contributed by atoms with Gasteiger partial charge in [0.05, 0.1) is 12.1 Å². The highest BCUT2D eigenvalue weighted by Gasteiger charge is 2.30. The van der Waals surface area contributed by atoms with Crippen LogP contribution in [0.3, 0.4) is 0 Å². The van der Waals surface area contributed by atoms with Gasteiger partial charge in [-0.05, 0) is 35.6 Å². The molecule has 4 rings (SSSR count). The highest BCUT2D eigenvalue weighted by molar-refractivity contribution is 7.10. The minimum absolute atomic E-state index is 0.00782. The number of nitrogens with zero attached hydrogens (tertiary/aromatic N) is 3. The molecule has 0 saturated carbocycles. The van der Waals surface area contributed by atoms with Crippen LogP contribution in [0.5, 0.6) is 0 Å². The number of benzene rings is 1. The van der Waals surface area contributed by atoms with Crippen LogP contribution in [-0.2, 0) is 0 Å². The van der Waals surface area contributed by atoms with Gasteiger partial charge in [0.2, 0.25) is 5.95 Å². The quantitative estimate of drug-likeness (QED) is 0.786. The Morgan fingerprint density at radius 1 is 1.29 bits per heavy atom. The second-order valence-corrected chi connectivity index (χ2v) is 6.03. The number of hydrogen-bond donors (Lipinski definition) is 1. The van der Waals surface area contributed by atoms with Gasteiger partial charge >= 0.3 is 0 Å². The number of hydrogen-bond acceptors (Lipinski definition) is 4. The first-order chi connectivity index (χ1) is 10.3. The first kappa shape index (κ1) is 12.5. The fourth-order valence-electron chi connectivity index (χ4n) is 2.79. The minimum Gasteiger partial charge on any atom is -0.347 e. The number of thiophene rings is 1. The maximum Gasteiger partial charge on any atom is 0.222 e. The summed E-state index contributed by atoms with van der Waals surface area (Å²) in [6.45, 7) is 0.